The molecule has 0 amide bonds. The van der Waals surface area contributed by atoms with E-state index in [4.69, 9.17) is 13.6 Å². The summed E-state index contributed by atoms with van der Waals surface area (Å²) in [6.45, 7) is 8.51. The second-order valence-electron chi connectivity index (χ2n) is 5.73. The Balaban J connectivity index is 2.17. The number of ether oxygens (including phenoxy) is 1. The average Bonchev–Trinajstić information content (AvgIpc) is 2.54. The van der Waals surface area contributed by atoms with E-state index in [-0.39, 0.29) is 12.4 Å². The van der Waals surface area contributed by atoms with Crippen molar-refractivity contribution in [2.75, 3.05) is 38.3 Å². The Morgan fingerprint density at radius 2 is 1.83 bits per heavy atom. The molecule has 1 rings (SSSR count). The van der Waals surface area contributed by atoms with E-state index in [0.717, 1.165) is 12.5 Å². The molecule has 1 atom stereocenters. The van der Waals surface area contributed by atoms with Crippen LogP contribution in [0.15, 0.2) is 24.3 Å². The van der Waals surface area contributed by atoms with E-state index in [1.165, 1.54) is 0 Å². The highest BCUT2D eigenvalue weighted by molar-refractivity contribution is 6.66. The van der Waals surface area contributed by atoms with E-state index < -0.39 is 14.7 Å². The number of phenols is 1. The van der Waals surface area contributed by atoms with Gasteiger partial charge in [0.15, 0.2) is 0 Å². The van der Waals surface area contributed by atoms with Gasteiger partial charge in [0.25, 0.3) is 0 Å². The minimum absolute atomic E-state index is 0.168. The van der Waals surface area contributed by atoms with Gasteiger partial charge >= 0.3 is 8.56 Å². The maximum absolute atomic E-state index is 9.92. The molecule has 0 saturated heterocycles. The van der Waals surface area contributed by atoms with Crippen LogP contribution >= 0.6 is 0 Å². The van der Waals surface area contributed by atoms with Crippen LogP contribution in [0, 0.1) is 0 Å². The van der Waals surface area contributed by atoms with Crippen LogP contribution in [0.1, 0.15) is 20.3 Å². The van der Waals surface area contributed by atoms with Gasteiger partial charge in [-0.1, -0.05) is 12.1 Å². The molecule has 138 valence electrons. The van der Waals surface area contributed by atoms with Crippen molar-refractivity contribution in [1.82, 2.24) is 0 Å². The van der Waals surface area contributed by atoms with Crippen LogP contribution < -0.4 is 5.32 Å². The van der Waals surface area contributed by atoms with Crippen molar-refractivity contribution in [1.29, 1.82) is 0 Å². The minimum atomic E-state index is -2.07. The van der Waals surface area contributed by atoms with Crippen molar-refractivity contribution in [2.24, 2.45) is 0 Å². The molecule has 0 aliphatic carbocycles. The van der Waals surface area contributed by atoms with Crippen LogP contribution in [0.25, 0.3) is 0 Å². The van der Waals surface area contributed by atoms with Crippen LogP contribution in [0.5, 0.6) is 5.75 Å². The first-order valence-electron chi connectivity index (χ1n) is 8.56. The van der Waals surface area contributed by atoms with Crippen molar-refractivity contribution >= 4 is 14.2 Å². The molecule has 0 fully saturated rings. The lowest BCUT2D eigenvalue weighted by atomic mass is 10.3. The van der Waals surface area contributed by atoms with Gasteiger partial charge in [0.1, 0.15) is 5.75 Å². The highest BCUT2D eigenvalue weighted by atomic mass is 28.4. The molecule has 0 heterocycles. The molecule has 3 N–H and O–H groups in total. The van der Waals surface area contributed by atoms with E-state index in [1.54, 1.807) is 18.2 Å². The lowest BCUT2D eigenvalue weighted by Crippen LogP contribution is -2.39. The average molecular weight is 358 g/mol. The van der Waals surface area contributed by atoms with E-state index in [1.807, 2.05) is 19.9 Å². The van der Waals surface area contributed by atoms with Gasteiger partial charge in [0.05, 0.1) is 18.4 Å². The number of aliphatic hydroxyl groups is 1. The summed E-state index contributed by atoms with van der Waals surface area (Å²) in [4.78, 5) is 0. The lowest BCUT2D eigenvalue weighted by molar-refractivity contribution is 0.0426. The first-order valence-corrected chi connectivity index (χ1v) is 11.1. The van der Waals surface area contributed by atoms with Gasteiger partial charge in [-0.25, -0.2) is 0 Å². The fourth-order valence-corrected chi connectivity index (χ4v) is 4.80. The maximum atomic E-state index is 9.92. The molecule has 6 nitrogen and oxygen atoms in total. The summed E-state index contributed by atoms with van der Waals surface area (Å²) in [5, 5.41) is 22.6. The second kappa shape index (κ2) is 11.4. The van der Waals surface area contributed by atoms with Crippen molar-refractivity contribution < 1.29 is 23.8 Å². The van der Waals surface area contributed by atoms with Crippen LogP contribution in [0.3, 0.4) is 0 Å². The Labute approximate surface area is 146 Å². The zero-order valence-corrected chi connectivity index (χ0v) is 16.0. The number of benzene rings is 1. The molecule has 0 saturated carbocycles. The summed E-state index contributed by atoms with van der Waals surface area (Å²) < 4.78 is 17.1. The third-order valence-corrected chi connectivity index (χ3v) is 6.62. The molecule has 0 spiro atoms. The quantitative estimate of drug-likeness (QED) is 0.286. The van der Waals surface area contributed by atoms with Crippen molar-refractivity contribution in [3.8, 4) is 5.75 Å². The van der Waals surface area contributed by atoms with Crippen molar-refractivity contribution in [2.45, 2.75) is 39.0 Å². The number of hydrogen-bond donors (Lipinski definition) is 3. The van der Waals surface area contributed by atoms with Gasteiger partial charge in [-0.3, -0.25) is 0 Å². The van der Waals surface area contributed by atoms with E-state index in [0.29, 0.717) is 32.1 Å². The van der Waals surface area contributed by atoms with Gasteiger partial charge in [-0.2, -0.15) is 0 Å². The molecule has 0 radical (unpaired) electrons. The Bertz CT molecular complexity index is 454. The van der Waals surface area contributed by atoms with Crippen LogP contribution in [0.4, 0.5) is 5.69 Å². The number of hydrogen-bond acceptors (Lipinski definition) is 6. The molecule has 1 unspecified atom stereocenters. The molecule has 7 heteroatoms. The lowest BCUT2D eigenvalue weighted by Gasteiger charge is -2.25. The number of anilines is 1. The number of rotatable bonds is 13. The van der Waals surface area contributed by atoms with Crippen LogP contribution in [0.2, 0.25) is 12.6 Å². The SMILES string of the molecule is CCO[Si](C)(CCCOCC(O)CNc1ccccc1O)OCC. The maximum Gasteiger partial charge on any atom is 0.334 e. The molecule has 0 bridgehead atoms. The second-order valence-corrected chi connectivity index (χ2v) is 9.08. The predicted octanol–water partition coefficient (Wildman–Crippen LogP) is 2.72. The Kier molecular flexibility index (Phi) is 9.97. The fourth-order valence-electron chi connectivity index (χ4n) is 2.42. The minimum Gasteiger partial charge on any atom is -0.506 e. The number of nitrogens with one attached hydrogen (secondary N) is 1. The number of para-hydroxylation sites is 2. The standard InChI is InChI=1S/C17H31NO5Si/c1-4-22-24(3,23-5-2)12-8-11-21-14-15(19)13-18-16-9-6-7-10-17(16)20/h6-7,9-10,15,18-20H,4-5,8,11-14H2,1-3H3. The molecular formula is C17H31NO5Si. The first kappa shape index (κ1) is 20.9. The first-order chi connectivity index (χ1) is 11.5. The zero-order chi connectivity index (χ0) is 17.8. The van der Waals surface area contributed by atoms with Gasteiger partial charge in [0, 0.05) is 26.4 Å². The number of aliphatic hydroxyl groups excluding tert-OH is 1. The predicted molar refractivity (Wildman–Crippen MR) is 97.7 cm³/mol. The van der Waals surface area contributed by atoms with Crippen LogP contribution in [-0.4, -0.2) is 57.9 Å². The third kappa shape index (κ3) is 8.12. The normalized spacial score (nSPS) is 13.0. The third-order valence-electron chi connectivity index (χ3n) is 3.56. The van der Waals surface area contributed by atoms with Gasteiger partial charge in [-0.15, -0.1) is 0 Å². The van der Waals surface area contributed by atoms with E-state index in [2.05, 4.69) is 11.9 Å². The van der Waals surface area contributed by atoms with E-state index >= 15 is 0 Å². The summed E-state index contributed by atoms with van der Waals surface area (Å²) in [5.41, 5.74) is 0.603. The van der Waals surface area contributed by atoms with Crippen molar-refractivity contribution in [3.63, 3.8) is 0 Å². The number of phenolic OH excluding ortho intramolecular Hbond substituents is 1. The Hall–Kier alpha value is -1.12. The molecule has 0 aliphatic rings. The molecular weight excluding hydrogens is 326 g/mol. The fraction of sp³-hybridized carbons (Fsp3) is 0.647. The summed E-state index contributed by atoms with van der Waals surface area (Å²) in [6, 6.07) is 7.81. The van der Waals surface area contributed by atoms with Crippen LogP contribution in [-0.2, 0) is 13.6 Å². The molecule has 1 aromatic carbocycles. The number of aromatic hydroxyl groups is 1. The molecule has 0 aromatic heterocycles. The summed E-state index contributed by atoms with van der Waals surface area (Å²) >= 11 is 0. The Morgan fingerprint density at radius 1 is 1.17 bits per heavy atom. The Morgan fingerprint density at radius 3 is 2.46 bits per heavy atom. The molecule has 1 aromatic rings. The van der Waals surface area contributed by atoms with Gasteiger partial charge in [-0.05, 0) is 45.0 Å². The monoisotopic (exact) mass is 357 g/mol. The summed E-state index contributed by atoms with van der Waals surface area (Å²) in [7, 11) is -2.07. The largest absolute Gasteiger partial charge is 0.506 e. The highest BCUT2D eigenvalue weighted by Gasteiger charge is 2.29. The topological polar surface area (TPSA) is 80.2 Å². The van der Waals surface area contributed by atoms with Gasteiger partial charge < -0.3 is 29.1 Å². The highest BCUT2D eigenvalue weighted by Crippen LogP contribution is 2.21. The van der Waals surface area contributed by atoms with Crippen molar-refractivity contribution in [3.05, 3.63) is 24.3 Å². The zero-order valence-electron chi connectivity index (χ0n) is 15.0. The van der Waals surface area contributed by atoms with Gasteiger partial charge in [0.2, 0.25) is 0 Å². The summed E-state index contributed by atoms with van der Waals surface area (Å²) in [6.07, 6.45) is 0.217. The summed E-state index contributed by atoms with van der Waals surface area (Å²) in [5.74, 6) is 0.168. The molecule has 0 aliphatic heterocycles. The molecule has 24 heavy (non-hydrogen) atoms. The van der Waals surface area contributed by atoms with E-state index in [9.17, 15) is 10.2 Å². The smallest absolute Gasteiger partial charge is 0.334 e.